The van der Waals surface area contributed by atoms with Crippen LogP contribution in [0.3, 0.4) is 0 Å². The molecule has 2 amide bonds. The minimum atomic E-state index is -0.116. The van der Waals surface area contributed by atoms with Crippen molar-refractivity contribution in [2.24, 2.45) is 0 Å². The summed E-state index contributed by atoms with van der Waals surface area (Å²) in [7, 11) is 0. The van der Waals surface area contributed by atoms with Crippen molar-refractivity contribution in [1.82, 2.24) is 14.4 Å². The highest BCUT2D eigenvalue weighted by molar-refractivity contribution is 5.96. The molecule has 0 N–H and O–H groups in total. The molecule has 134 valence electrons. The maximum absolute atomic E-state index is 12.9. The van der Waals surface area contributed by atoms with E-state index in [1.807, 2.05) is 24.8 Å². The first kappa shape index (κ1) is 17.3. The van der Waals surface area contributed by atoms with Crippen LogP contribution < -0.4 is 0 Å². The van der Waals surface area contributed by atoms with E-state index in [1.165, 1.54) is 6.26 Å². The molecule has 0 aliphatic carbocycles. The molecular formula is C19H25N3O3. The SMILES string of the molecule is Cc1cc(C(=O)N2CCN(C(=O)c3ccco3)CC2)c(C)n1C(C)C. The van der Waals surface area contributed by atoms with Crippen molar-refractivity contribution in [3.05, 3.63) is 47.2 Å². The topological polar surface area (TPSA) is 58.7 Å². The number of aromatic nitrogens is 1. The summed E-state index contributed by atoms with van der Waals surface area (Å²) >= 11 is 0. The molecule has 0 unspecified atom stereocenters. The third-order valence-corrected chi connectivity index (χ3v) is 4.82. The van der Waals surface area contributed by atoms with Crippen molar-refractivity contribution in [1.29, 1.82) is 0 Å². The van der Waals surface area contributed by atoms with E-state index < -0.39 is 0 Å². The molecular weight excluding hydrogens is 318 g/mol. The Morgan fingerprint density at radius 3 is 2.12 bits per heavy atom. The number of piperazine rings is 1. The number of aryl methyl sites for hydroxylation is 1. The highest BCUT2D eigenvalue weighted by Gasteiger charge is 2.28. The molecule has 1 aliphatic heterocycles. The van der Waals surface area contributed by atoms with Crippen LogP contribution in [0.25, 0.3) is 0 Å². The van der Waals surface area contributed by atoms with Gasteiger partial charge in [-0.15, -0.1) is 0 Å². The predicted molar refractivity (Wildman–Crippen MR) is 94.8 cm³/mol. The van der Waals surface area contributed by atoms with Crippen LogP contribution in [-0.2, 0) is 0 Å². The van der Waals surface area contributed by atoms with E-state index >= 15 is 0 Å². The van der Waals surface area contributed by atoms with Gasteiger partial charge in [-0.1, -0.05) is 0 Å². The summed E-state index contributed by atoms with van der Waals surface area (Å²) in [6, 6.07) is 5.67. The Hall–Kier alpha value is -2.50. The number of hydrogen-bond donors (Lipinski definition) is 0. The van der Waals surface area contributed by atoms with Crippen molar-refractivity contribution in [2.45, 2.75) is 33.7 Å². The molecule has 0 atom stereocenters. The molecule has 6 nitrogen and oxygen atoms in total. The molecule has 0 spiro atoms. The molecule has 1 saturated heterocycles. The van der Waals surface area contributed by atoms with Gasteiger partial charge in [0.25, 0.3) is 11.8 Å². The Morgan fingerprint density at radius 1 is 1.04 bits per heavy atom. The summed E-state index contributed by atoms with van der Waals surface area (Å²) in [5.74, 6) is 0.278. The van der Waals surface area contributed by atoms with Gasteiger partial charge in [-0.25, -0.2) is 0 Å². The van der Waals surface area contributed by atoms with Crippen LogP contribution in [0.5, 0.6) is 0 Å². The van der Waals surface area contributed by atoms with E-state index in [0.717, 1.165) is 17.0 Å². The van der Waals surface area contributed by atoms with E-state index in [1.54, 1.807) is 17.0 Å². The minimum Gasteiger partial charge on any atom is -0.459 e. The summed E-state index contributed by atoms with van der Waals surface area (Å²) in [5.41, 5.74) is 2.87. The lowest BCUT2D eigenvalue weighted by molar-refractivity contribution is 0.0517. The van der Waals surface area contributed by atoms with Gasteiger partial charge in [-0.2, -0.15) is 0 Å². The van der Waals surface area contributed by atoms with Gasteiger partial charge in [0.1, 0.15) is 0 Å². The second-order valence-electron chi connectivity index (χ2n) is 6.81. The first-order valence-corrected chi connectivity index (χ1v) is 8.70. The van der Waals surface area contributed by atoms with Gasteiger partial charge >= 0.3 is 0 Å². The fourth-order valence-electron chi connectivity index (χ4n) is 3.63. The van der Waals surface area contributed by atoms with E-state index in [4.69, 9.17) is 4.42 Å². The largest absolute Gasteiger partial charge is 0.459 e. The number of furan rings is 1. The van der Waals surface area contributed by atoms with Gasteiger partial charge in [0.05, 0.1) is 11.8 Å². The van der Waals surface area contributed by atoms with Crippen molar-refractivity contribution in [3.63, 3.8) is 0 Å². The Bertz CT molecular complexity index is 766. The van der Waals surface area contributed by atoms with Crippen molar-refractivity contribution in [3.8, 4) is 0 Å². The van der Waals surface area contributed by atoms with Crippen molar-refractivity contribution in [2.75, 3.05) is 26.2 Å². The van der Waals surface area contributed by atoms with E-state index in [0.29, 0.717) is 38.0 Å². The van der Waals surface area contributed by atoms with Crippen LogP contribution in [-0.4, -0.2) is 52.4 Å². The quantitative estimate of drug-likeness (QED) is 0.861. The number of carbonyl (C=O) groups is 2. The molecule has 3 rings (SSSR count). The molecule has 2 aromatic heterocycles. The molecule has 1 fully saturated rings. The highest BCUT2D eigenvalue weighted by Crippen LogP contribution is 2.22. The molecule has 0 radical (unpaired) electrons. The van der Waals surface area contributed by atoms with Crippen LogP contribution in [0.4, 0.5) is 0 Å². The maximum Gasteiger partial charge on any atom is 0.289 e. The van der Waals surface area contributed by atoms with Gasteiger partial charge in [0.2, 0.25) is 0 Å². The summed E-state index contributed by atoms with van der Waals surface area (Å²) in [4.78, 5) is 28.8. The number of carbonyl (C=O) groups excluding carboxylic acids is 2. The van der Waals surface area contributed by atoms with Crippen molar-refractivity contribution >= 4 is 11.8 Å². The van der Waals surface area contributed by atoms with Crippen LogP contribution in [0.15, 0.2) is 28.9 Å². The van der Waals surface area contributed by atoms with Crippen LogP contribution in [0.2, 0.25) is 0 Å². The van der Waals surface area contributed by atoms with Gasteiger partial charge in [0.15, 0.2) is 5.76 Å². The molecule has 3 heterocycles. The third kappa shape index (κ3) is 3.21. The fraction of sp³-hybridized carbons (Fsp3) is 0.474. The lowest BCUT2D eigenvalue weighted by Gasteiger charge is -2.34. The summed E-state index contributed by atoms with van der Waals surface area (Å²) < 4.78 is 7.36. The summed E-state index contributed by atoms with van der Waals surface area (Å²) in [5, 5.41) is 0. The van der Waals surface area contributed by atoms with Gasteiger partial charge < -0.3 is 18.8 Å². The maximum atomic E-state index is 12.9. The summed E-state index contributed by atoms with van der Waals surface area (Å²) in [6.07, 6.45) is 1.50. The molecule has 1 aliphatic rings. The Kier molecular flexibility index (Phi) is 4.70. The molecule has 25 heavy (non-hydrogen) atoms. The minimum absolute atomic E-state index is 0.0464. The molecule has 0 bridgehead atoms. The zero-order valence-electron chi connectivity index (χ0n) is 15.3. The smallest absolute Gasteiger partial charge is 0.289 e. The van der Waals surface area contributed by atoms with Gasteiger partial charge in [0, 0.05) is 43.6 Å². The monoisotopic (exact) mass is 343 g/mol. The van der Waals surface area contributed by atoms with Crippen LogP contribution in [0, 0.1) is 13.8 Å². The summed E-state index contributed by atoms with van der Waals surface area (Å²) in [6.45, 7) is 10.4. The standard InChI is InChI=1S/C19H25N3O3/c1-13(2)22-14(3)12-16(15(22)4)18(23)20-7-9-21(10-8-20)19(24)17-6-5-11-25-17/h5-6,11-13H,7-10H2,1-4H3. The number of rotatable bonds is 3. The lowest BCUT2D eigenvalue weighted by Crippen LogP contribution is -2.50. The zero-order valence-corrected chi connectivity index (χ0v) is 15.3. The second kappa shape index (κ2) is 6.78. The lowest BCUT2D eigenvalue weighted by atomic mass is 10.2. The normalized spacial score (nSPS) is 15.1. The Balaban J connectivity index is 1.68. The van der Waals surface area contributed by atoms with Gasteiger partial charge in [-0.3, -0.25) is 9.59 Å². The molecule has 0 aromatic carbocycles. The predicted octanol–water partition coefficient (Wildman–Crippen LogP) is 2.88. The number of amides is 2. The number of hydrogen-bond acceptors (Lipinski definition) is 3. The molecule has 6 heteroatoms. The molecule has 2 aromatic rings. The third-order valence-electron chi connectivity index (χ3n) is 4.82. The first-order chi connectivity index (χ1) is 11.9. The van der Waals surface area contributed by atoms with Crippen molar-refractivity contribution < 1.29 is 14.0 Å². The van der Waals surface area contributed by atoms with E-state index in [2.05, 4.69) is 18.4 Å². The Morgan fingerprint density at radius 2 is 1.64 bits per heavy atom. The second-order valence-corrected chi connectivity index (χ2v) is 6.81. The average Bonchev–Trinajstić information content (AvgIpc) is 3.22. The van der Waals surface area contributed by atoms with Gasteiger partial charge in [-0.05, 0) is 45.9 Å². The molecule has 0 saturated carbocycles. The fourth-order valence-corrected chi connectivity index (χ4v) is 3.63. The zero-order chi connectivity index (χ0) is 18.1. The Labute approximate surface area is 148 Å². The van der Waals surface area contributed by atoms with Crippen LogP contribution >= 0.6 is 0 Å². The average molecular weight is 343 g/mol. The van der Waals surface area contributed by atoms with Crippen LogP contribution in [0.1, 0.15) is 52.2 Å². The number of nitrogens with zero attached hydrogens (tertiary/aromatic N) is 3. The first-order valence-electron chi connectivity index (χ1n) is 8.70. The van der Waals surface area contributed by atoms with E-state index in [-0.39, 0.29) is 11.8 Å². The van der Waals surface area contributed by atoms with E-state index in [9.17, 15) is 9.59 Å². The highest BCUT2D eigenvalue weighted by atomic mass is 16.3.